The Hall–Kier alpha value is -2.06. The molecule has 0 unspecified atom stereocenters. The molecule has 2 rings (SSSR count). The van der Waals surface area contributed by atoms with Gasteiger partial charge in [0.1, 0.15) is 12.4 Å². The van der Waals surface area contributed by atoms with Crippen LogP contribution >= 0.6 is 11.6 Å². The summed E-state index contributed by atoms with van der Waals surface area (Å²) in [5.74, 6) is 2.50. The molecule has 8 nitrogen and oxygen atoms in total. The molecule has 0 aromatic carbocycles. The Kier molecular flexibility index (Phi) is 7.47. The quantitative estimate of drug-likeness (QED) is 0.428. The van der Waals surface area contributed by atoms with Crippen molar-refractivity contribution in [2.75, 3.05) is 27.3 Å². The van der Waals surface area contributed by atoms with E-state index >= 15 is 0 Å². The minimum atomic E-state index is 0.461. The third kappa shape index (κ3) is 5.47. The van der Waals surface area contributed by atoms with E-state index in [0.717, 1.165) is 41.3 Å². The van der Waals surface area contributed by atoms with Crippen LogP contribution in [0.4, 0.5) is 0 Å². The molecule has 0 aliphatic carbocycles. The topological polar surface area (TPSA) is 72.5 Å². The van der Waals surface area contributed by atoms with E-state index in [9.17, 15) is 0 Å². The lowest BCUT2D eigenvalue weighted by Crippen LogP contribution is -2.39. The maximum atomic E-state index is 6.09. The van der Waals surface area contributed by atoms with Crippen molar-refractivity contribution in [3.63, 3.8) is 0 Å². The highest BCUT2D eigenvalue weighted by Gasteiger charge is 2.11. The van der Waals surface area contributed by atoms with E-state index in [1.54, 1.807) is 7.11 Å². The van der Waals surface area contributed by atoms with Gasteiger partial charge in [-0.25, -0.2) is 4.99 Å². The molecule has 0 saturated carbocycles. The van der Waals surface area contributed by atoms with Crippen molar-refractivity contribution in [3.05, 3.63) is 34.6 Å². The monoisotopic (exact) mass is 381 g/mol. The molecule has 0 aliphatic rings. The summed E-state index contributed by atoms with van der Waals surface area (Å²) in [6.45, 7) is 4.57. The fraction of sp³-hybridized carbons (Fsp3) is 0.588. The molecule has 9 heteroatoms. The van der Waals surface area contributed by atoms with Crippen LogP contribution in [-0.4, -0.2) is 57.5 Å². The maximum absolute atomic E-state index is 6.09. The number of methoxy groups -OCH3 is 1. The lowest BCUT2D eigenvalue weighted by atomic mass is 10.4. The molecular formula is C17H28ClN7O. The largest absolute Gasteiger partial charge is 0.385 e. The van der Waals surface area contributed by atoms with E-state index in [1.807, 2.05) is 49.5 Å². The van der Waals surface area contributed by atoms with Gasteiger partial charge < -0.3 is 24.1 Å². The van der Waals surface area contributed by atoms with Crippen LogP contribution in [0.15, 0.2) is 17.3 Å². The van der Waals surface area contributed by atoms with Crippen LogP contribution in [0.3, 0.4) is 0 Å². The zero-order valence-electron chi connectivity index (χ0n) is 16.2. The normalized spacial score (nSPS) is 11.8. The molecule has 0 radical (unpaired) electrons. The van der Waals surface area contributed by atoms with Crippen LogP contribution in [-0.2, 0) is 31.9 Å². The number of nitrogens with zero attached hydrogens (tertiary/aromatic N) is 6. The highest BCUT2D eigenvalue weighted by atomic mass is 35.5. The Balaban J connectivity index is 2.09. The molecule has 0 bridgehead atoms. The van der Waals surface area contributed by atoms with Crippen molar-refractivity contribution in [2.45, 2.75) is 26.4 Å². The van der Waals surface area contributed by atoms with Crippen molar-refractivity contribution in [2.24, 2.45) is 19.1 Å². The van der Waals surface area contributed by atoms with Gasteiger partial charge in [-0.1, -0.05) is 11.6 Å². The number of nitrogens with one attached hydrogen (secondary N) is 1. The van der Waals surface area contributed by atoms with Crippen molar-refractivity contribution in [1.82, 2.24) is 29.5 Å². The third-order valence-corrected chi connectivity index (χ3v) is 4.40. The molecule has 0 amide bonds. The van der Waals surface area contributed by atoms with Crippen LogP contribution in [0.25, 0.3) is 0 Å². The predicted octanol–water partition coefficient (Wildman–Crippen LogP) is 1.73. The molecule has 1 N–H and O–H groups in total. The number of aryl methyl sites for hydroxylation is 2. The molecule has 26 heavy (non-hydrogen) atoms. The van der Waals surface area contributed by atoms with Gasteiger partial charge in [0.2, 0.25) is 0 Å². The highest BCUT2D eigenvalue weighted by Crippen LogP contribution is 2.14. The first kappa shape index (κ1) is 20.3. The Morgan fingerprint density at radius 1 is 1.38 bits per heavy atom. The van der Waals surface area contributed by atoms with Crippen molar-refractivity contribution in [3.8, 4) is 0 Å². The minimum Gasteiger partial charge on any atom is -0.385 e. The van der Waals surface area contributed by atoms with Gasteiger partial charge in [0.25, 0.3) is 0 Å². The standard InChI is InChI=1S/C17H28ClN7O/c1-13-21-22-16(25(13)4)10-20-17(19-7-6-8-26-5)24(3)12-15-9-14(18)11-23(15)2/h9,11H,6-8,10,12H2,1-5H3,(H,19,20). The van der Waals surface area contributed by atoms with Crippen LogP contribution in [0, 0.1) is 6.92 Å². The molecule has 2 aromatic rings. The van der Waals surface area contributed by atoms with Gasteiger partial charge >= 0.3 is 0 Å². The molecule has 144 valence electrons. The number of aliphatic imine (C=N–C) groups is 1. The first-order valence-electron chi connectivity index (χ1n) is 8.56. The van der Waals surface area contributed by atoms with Crippen LogP contribution in [0.5, 0.6) is 0 Å². The van der Waals surface area contributed by atoms with Crippen molar-refractivity contribution in [1.29, 1.82) is 0 Å². The molecule has 2 aromatic heterocycles. The minimum absolute atomic E-state index is 0.461. The van der Waals surface area contributed by atoms with E-state index in [-0.39, 0.29) is 0 Å². The SMILES string of the molecule is COCCCNC(=NCc1nnc(C)n1C)N(C)Cc1cc(Cl)cn1C. The summed E-state index contributed by atoms with van der Waals surface area (Å²) in [6.07, 6.45) is 2.80. The average Bonchev–Trinajstić information content (AvgIpc) is 3.08. The van der Waals surface area contributed by atoms with Gasteiger partial charge in [-0.3, -0.25) is 0 Å². The fourth-order valence-corrected chi connectivity index (χ4v) is 2.78. The number of aromatic nitrogens is 4. The number of halogens is 1. The number of hydrogen-bond donors (Lipinski definition) is 1. The van der Waals surface area contributed by atoms with Gasteiger partial charge in [-0.15, -0.1) is 10.2 Å². The second-order valence-corrected chi connectivity index (χ2v) is 6.69. The molecule has 0 aliphatic heterocycles. The zero-order valence-corrected chi connectivity index (χ0v) is 16.9. The number of ether oxygens (including phenoxy) is 1. The van der Waals surface area contributed by atoms with Gasteiger partial charge in [-0.05, 0) is 19.4 Å². The van der Waals surface area contributed by atoms with E-state index in [0.29, 0.717) is 19.7 Å². The molecular weight excluding hydrogens is 354 g/mol. The number of guanidine groups is 1. The zero-order chi connectivity index (χ0) is 19.1. The maximum Gasteiger partial charge on any atom is 0.194 e. The summed E-state index contributed by atoms with van der Waals surface area (Å²) in [7, 11) is 7.64. The van der Waals surface area contributed by atoms with Crippen LogP contribution in [0.1, 0.15) is 23.8 Å². The highest BCUT2D eigenvalue weighted by molar-refractivity contribution is 6.30. The summed E-state index contributed by atoms with van der Waals surface area (Å²) in [5, 5.41) is 12.4. The lowest BCUT2D eigenvalue weighted by Gasteiger charge is -2.23. The van der Waals surface area contributed by atoms with Crippen LogP contribution < -0.4 is 5.32 Å². The smallest absolute Gasteiger partial charge is 0.194 e. The summed E-state index contributed by atoms with van der Waals surface area (Å²) in [5.41, 5.74) is 1.11. The summed E-state index contributed by atoms with van der Waals surface area (Å²) in [6, 6.07) is 1.96. The Morgan fingerprint density at radius 2 is 2.15 bits per heavy atom. The summed E-state index contributed by atoms with van der Waals surface area (Å²) < 4.78 is 9.08. The van der Waals surface area contributed by atoms with Crippen LogP contribution in [0.2, 0.25) is 5.02 Å². The molecule has 0 atom stereocenters. The first-order chi connectivity index (χ1) is 12.4. The van der Waals surface area contributed by atoms with Gasteiger partial charge in [0.15, 0.2) is 11.8 Å². The Labute approximate surface area is 159 Å². The second kappa shape index (κ2) is 9.59. The molecule has 2 heterocycles. The Bertz CT molecular complexity index is 738. The van der Waals surface area contributed by atoms with E-state index in [1.165, 1.54) is 0 Å². The fourth-order valence-electron chi connectivity index (χ4n) is 2.50. The number of rotatable bonds is 8. The summed E-state index contributed by atoms with van der Waals surface area (Å²) >= 11 is 6.09. The molecule has 0 fully saturated rings. The van der Waals surface area contributed by atoms with Gasteiger partial charge in [-0.2, -0.15) is 0 Å². The van der Waals surface area contributed by atoms with E-state index in [4.69, 9.17) is 21.3 Å². The van der Waals surface area contributed by atoms with Crippen molar-refractivity contribution < 1.29 is 4.74 Å². The average molecular weight is 382 g/mol. The van der Waals surface area contributed by atoms with E-state index < -0.39 is 0 Å². The lowest BCUT2D eigenvalue weighted by molar-refractivity contribution is 0.195. The van der Waals surface area contributed by atoms with Gasteiger partial charge in [0.05, 0.1) is 11.6 Å². The summed E-state index contributed by atoms with van der Waals surface area (Å²) in [4.78, 5) is 6.79. The third-order valence-electron chi connectivity index (χ3n) is 4.20. The molecule has 0 spiro atoms. The Morgan fingerprint density at radius 3 is 2.73 bits per heavy atom. The number of hydrogen-bond acceptors (Lipinski definition) is 4. The second-order valence-electron chi connectivity index (χ2n) is 6.25. The van der Waals surface area contributed by atoms with Crippen molar-refractivity contribution >= 4 is 17.6 Å². The van der Waals surface area contributed by atoms with Gasteiger partial charge in [0, 0.05) is 53.3 Å². The molecule has 0 saturated heterocycles. The first-order valence-corrected chi connectivity index (χ1v) is 8.94. The van der Waals surface area contributed by atoms with E-state index in [2.05, 4.69) is 20.4 Å². The predicted molar refractivity (Wildman–Crippen MR) is 103 cm³/mol.